The van der Waals surface area contributed by atoms with Crippen molar-refractivity contribution in [1.82, 2.24) is 5.48 Å². The van der Waals surface area contributed by atoms with Gasteiger partial charge in [0.1, 0.15) is 0 Å². The zero-order chi connectivity index (χ0) is 10.2. The number of hydrogen-bond donors (Lipinski definition) is 3. The molecule has 0 amide bonds. The second-order valence-electron chi connectivity index (χ2n) is 2.46. The average molecular weight is 236 g/mol. The first-order chi connectivity index (χ1) is 6.12. The molecular formula is C6H17N2NaO4S. The van der Waals surface area contributed by atoms with Crippen LogP contribution in [0.5, 0.6) is 0 Å². The Bertz CT molecular complexity index is 199. The molecule has 0 aliphatic rings. The molecule has 0 aromatic heterocycles. The molecule has 0 saturated carbocycles. The third kappa shape index (κ3) is 10.9. The van der Waals surface area contributed by atoms with Crippen molar-refractivity contribution < 1.29 is 48.8 Å². The molecule has 0 saturated heterocycles. The van der Waals surface area contributed by atoms with Gasteiger partial charge in [0.2, 0.25) is 0 Å². The minimum atomic E-state index is -3.50. The molecule has 0 aliphatic heterocycles. The minimum absolute atomic E-state index is 0. The average Bonchev–Trinajstić information content (AvgIpc) is 2.05. The second kappa shape index (κ2) is 10.3. The molecule has 0 bridgehead atoms. The van der Waals surface area contributed by atoms with Gasteiger partial charge in [-0.25, -0.2) is 0 Å². The maximum atomic E-state index is 11.0. The molecule has 0 radical (unpaired) electrons. The zero-order valence-electron chi connectivity index (χ0n) is 9.40. The fourth-order valence-corrected chi connectivity index (χ4v) is 1.53. The van der Waals surface area contributed by atoms with E-state index in [4.69, 9.17) is 10.8 Å². The first-order valence-electron chi connectivity index (χ1n) is 4.07. The van der Waals surface area contributed by atoms with Gasteiger partial charge in [-0.05, 0) is 12.8 Å². The Morgan fingerprint density at radius 2 is 2.07 bits per heavy atom. The quantitative estimate of drug-likeness (QED) is 0.224. The smallest absolute Gasteiger partial charge is 1.00 e. The summed E-state index contributed by atoms with van der Waals surface area (Å²) < 4.78 is 26.3. The van der Waals surface area contributed by atoms with Crippen LogP contribution < -0.4 is 40.8 Å². The molecule has 0 spiro atoms. The third-order valence-electron chi connectivity index (χ3n) is 1.23. The molecular weight excluding hydrogens is 219 g/mol. The van der Waals surface area contributed by atoms with E-state index in [1.807, 2.05) is 0 Å². The summed E-state index contributed by atoms with van der Waals surface area (Å²) >= 11 is 0. The van der Waals surface area contributed by atoms with Gasteiger partial charge in [0.25, 0.3) is 10.1 Å². The maximum Gasteiger partial charge on any atom is 1.00 e. The summed E-state index contributed by atoms with van der Waals surface area (Å²) in [5.41, 5.74) is 7.34. The molecule has 0 aliphatic carbocycles. The molecule has 4 N–H and O–H groups in total. The summed E-state index contributed by atoms with van der Waals surface area (Å²) in [4.78, 5) is 0. The monoisotopic (exact) mass is 236 g/mol. The number of hydroxylamine groups is 1. The van der Waals surface area contributed by atoms with Gasteiger partial charge in [-0.15, -0.1) is 0 Å². The standard InChI is InChI=1S/C6H16N2O4S.Na.H/c7-3-4-8-12-13(10,11)6-2-1-5-9;;/h8-9H,1-7H2;;/q;+1;-1. The van der Waals surface area contributed by atoms with Gasteiger partial charge >= 0.3 is 29.6 Å². The summed E-state index contributed by atoms with van der Waals surface area (Å²) in [7, 11) is -3.50. The van der Waals surface area contributed by atoms with Crippen LogP contribution in [0.15, 0.2) is 0 Å². The topological polar surface area (TPSA) is 102 Å². The number of hydrogen-bond acceptors (Lipinski definition) is 6. The normalized spacial score (nSPS) is 11.0. The minimum Gasteiger partial charge on any atom is -1.00 e. The van der Waals surface area contributed by atoms with E-state index in [1.165, 1.54) is 0 Å². The van der Waals surface area contributed by atoms with Crippen LogP contribution in [0.4, 0.5) is 0 Å². The summed E-state index contributed by atoms with van der Waals surface area (Å²) in [5, 5.41) is 8.41. The first kappa shape index (κ1) is 17.2. The SMILES string of the molecule is NCCNOS(=O)(=O)CCCCO.[H-].[Na+]. The predicted octanol–water partition coefficient (Wildman–Crippen LogP) is -4.31. The Labute approximate surface area is 108 Å². The predicted molar refractivity (Wildman–Crippen MR) is 49.4 cm³/mol. The number of rotatable bonds is 8. The number of unbranched alkanes of at least 4 members (excludes halogenated alkanes) is 1. The number of aliphatic hydroxyl groups excluding tert-OH is 1. The van der Waals surface area contributed by atoms with E-state index < -0.39 is 10.1 Å². The van der Waals surface area contributed by atoms with Crippen molar-refractivity contribution in [2.24, 2.45) is 5.73 Å². The van der Waals surface area contributed by atoms with Gasteiger partial charge in [-0.1, -0.05) is 0 Å². The Kier molecular flexibility index (Phi) is 12.7. The molecule has 6 nitrogen and oxygen atoms in total. The Hall–Kier alpha value is 0.790. The molecule has 8 heteroatoms. The zero-order valence-corrected chi connectivity index (χ0v) is 11.2. The number of nitrogens with two attached hydrogens (primary N) is 1. The summed E-state index contributed by atoms with van der Waals surface area (Å²) in [5.74, 6) is -0.0921. The summed E-state index contributed by atoms with van der Waals surface area (Å²) in [6.45, 7) is 0.594. The molecule has 0 heterocycles. The molecule has 0 atom stereocenters. The maximum absolute atomic E-state index is 11.0. The van der Waals surface area contributed by atoms with Crippen LogP contribution in [-0.2, 0) is 14.4 Å². The van der Waals surface area contributed by atoms with Crippen molar-refractivity contribution in [3.8, 4) is 0 Å². The summed E-state index contributed by atoms with van der Waals surface area (Å²) in [6.07, 6.45) is 0.850. The van der Waals surface area contributed by atoms with Crippen LogP contribution in [0.1, 0.15) is 14.3 Å². The van der Waals surface area contributed by atoms with Gasteiger partial charge in [0.15, 0.2) is 0 Å². The molecule has 0 rings (SSSR count). The number of nitrogens with one attached hydrogen (secondary N) is 1. The molecule has 14 heavy (non-hydrogen) atoms. The van der Waals surface area contributed by atoms with Crippen molar-refractivity contribution in [3.63, 3.8) is 0 Å². The van der Waals surface area contributed by atoms with Crippen molar-refractivity contribution in [2.45, 2.75) is 12.8 Å². The summed E-state index contributed by atoms with van der Waals surface area (Å²) in [6, 6.07) is 0. The van der Waals surface area contributed by atoms with Crippen molar-refractivity contribution in [1.29, 1.82) is 0 Å². The van der Waals surface area contributed by atoms with E-state index in [1.54, 1.807) is 0 Å². The Morgan fingerprint density at radius 3 is 2.57 bits per heavy atom. The second-order valence-corrected chi connectivity index (χ2v) is 4.15. The molecule has 0 aromatic rings. The van der Waals surface area contributed by atoms with Gasteiger partial charge in [0, 0.05) is 19.7 Å². The Balaban J connectivity index is -0.000000720. The van der Waals surface area contributed by atoms with Crippen molar-refractivity contribution >= 4 is 10.1 Å². The van der Waals surface area contributed by atoms with E-state index in [0.717, 1.165) is 0 Å². The molecule has 0 aromatic carbocycles. The van der Waals surface area contributed by atoms with Crippen LogP contribution in [0, 0.1) is 0 Å². The van der Waals surface area contributed by atoms with Crippen LogP contribution in [0.2, 0.25) is 0 Å². The largest absolute Gasteiger partial charge is 1.00 e. The van der Waals surface area contributed by atoms with Crippen LogP contribution in [-0.4, -0.2) is 39.0 Å². The van der Waals surface area contributed by atoms with Gasteiger partial charge in [0.05, 0.1) is 5.75 Å². The van der Waals surface area contributed by atoms with Crippen LogP contribution in [0.3, 0.4) is 0 Å². The number of aliphatic hydroxyl groups is 1. The van der Waals surface area contributed by atoms with Crippen molar-refractivity contribution in [2.75, 3.05) is 25.4 Å². The third-order valence-corrected chi connectivity index (χ3v) is 2.40. The van der Waals surface area contributed by atoms with E-state index in [9.17, 15) is 8.42 Å². The van der Waals surface area contributed by atoms with Gasteiger partial charge < -0.3 is 12.3 Å². The van der Waals surface area contributed by atoms with E-state index in [-0.39, 0.29) is 43.3 Å². The van der Waals surface area contributed by atoms with Gasteiger partial charge in [-0.2, -0.15) is 18.2 Å². The van der Waals surface area contributed by atoms with Crippen LogP contribution >= 0.6 is 0 Å². The molecule has 0 unspecified atom stereocenters. The van der Waals surface area contributed by atoms with E-state index in [0.29, 0.717) is 25.9 Å². The van der Waals surface area contributed by atoms with E-state index >= 15 is 0 Å². The fourth-order valence-electron chi connectivity index (χ4n) is 0.623. The van der Waals surface area contributed by atoms with E-state index in [2.05, 4.69) is 9.76 Å². The molecule has 82 valence electrons. The van der Waals surface area contributed by atoms with Crippen molar-refractivity contribution in [3.05, 3.63) is 0 Å². The first-order valence-corrected chi connectivity index (χ1v) is 5.65. The van der Waals surface area contributed by atoms with Gasteiger partial charge in [-0.3, -0.25) is 0 Å². The van der Waals surface area contributed by atoms with Crippen LogP contribution in [0.25, 0.3) is 0 Å². The molecule has 0 fully saturated rings. The fraction of sp³-hybridized carbons (Fsp3) is 1.00. The Morgan fingerprint density at radius 1 is 1.43 bits per heavy atom.